The fraction of sp³-hybridized carbons (Fsp3) is 0.412. The molecule has 1 atom stereocenters. The lowest BCUT2D eigenvalue weighted by Crippen LogP contribution is -2.24. The maximum atomic E-state index is 10.3. The molecular formula is C17H22N4O2. The number of benzene rings is 1. The molecule has 0 aliphatic heterocycles. The number of para-hydroxylation sites is 2. The Morgan fingerprint density at radius 3 is 2.70 bits per heavy atom. The molecule has 0 aliphatic rings. The van der Waals surface area contributed by atoms with Gasteiger partial charge in [0.1, 0.15) is 5.69 Å². The molecule has 1 aromatic carbocycles. The third kappa shape index (κ3) is 3.43. The van der Waals surface area contributed by atoms with E-state index < -0.39 is 6.10 Å². The molecule has 6 nitrogen and oxygen atoms in total. The van der Waals surface area contributed by atoms with E-state index >= 15 is 0 Å². The summed E-state index contributed by atoms with van der Waals surface area (Å²) in [5, 5.41) is 14.7. The van der Waals surface area contributed by atoms with E-state index in [4.69, 9.17) is 4.74 Å². The Bertz CT molecular complexity index is 791. The number of fused-ring (bicyclic) bond motifs is 1. The first-order valence-corrected chi connectivity index (χ1v) is 7.79. The molecule has 23 heavy (non-hydrogen) atoms. The van der Waals surface area contributed by atoms with Crippen LogP contribution in [-0.2, 0) is 18.3 Å². The van der Waals surface area contributed by atoms with Crippen molar-refractivity contribution >= 4 is 11.0 Å². The Balaban J connectivity index is 1.96. The lowest BCUT2D eigenvalue weighted by molar-refractivity contribution is -0.000128. The zero-order valence-electron chi connectivity index (χ0n) is 13.7. The summed E-state index contributed by atoms with van der Waals surface area (Å²) >= 11 is 0. The van der Waals surface area contributed by atoms with Crippen LogP contribution in [-0.4, -0.2) is 43.3 Å². The van der Waals surface area contributed by atoms with Gasteiger partial charge < -0.3 is 14.4 Å². The molecule has 3 aromatic rings. The average Bonchev–Trinajstić information content (AvgIpc) is 3.09. The van der Waals surface area contributed by atoms with Gasteiger partial charge in [-0.1, -0.05) is 12.1 Å². The van der Waals surface area contributed by atoms with Crippen molar-refractivity contribution in [2.45, 2.75) is 32.6 Å². The number of imidazole rings is 1. The molecule has 1 N–H and O–H groups in total. The molecule has 0 saturated heterocycles. The van der Waals surface area contributed by atoms with Gasteiger partial charge in [0.15, 0.2) is 5.82 Å². The maximum absolute atomic E-state index is 10.3. The van der Waals surface area contributed by atoms with Gasteiger partial charge in [-0.05, 0) is 32.0 Å². The number of hydrogen-bond donors (Lipinski definition) is 1. The summed E-state index contributed by atoms with van der Waals surface area (Å²) in [7, 11) is 1.88. The fourth-order valence-electron chi connectivity index (χ4n) is 2.56. The highest BCUT2D eigenvalue weighted by atomic mass is 16.5. The second-order valence-electron chi connectivity index (χ2n) is 5.95. The molecule has 2 heterocycles. The zero-order valence-corrected chi connectivity index (χ0v) is 13.7. The monoisotopic (exact) mass is 314 g/mol. The topological polar surface area (TPSA) is 65.1 Å². The molecule has 0 fully saturated rings. The van der Waals surface area contributed by atoms with E-state index in [0.29, 0.717) is 13.2 Å². The average molecular weight is 314 g/mol. The summed E-state index contributed by atoms with van der Waals surface area (Å²) in [6.07, 6.45) is 1.38. The van der Waals surface area contributed by atoms with E-state index in [0.717, 1.165) is 22.6 Å². The van der Waals surface area contributed by atoms with Crippen LogP contribution in [0.3, 0.4) is 0 Å². The summed E-state index contributed by atoms with van der Waals surface area (Å²) in [6.45, 7) is 4.63. The van der Waals surface area contributed by atoms with Gasteiger partial charge in [-0.2, -0.15) is 5.10 Å². The summed E-state index contributed by atoms with van der Waals surface area (Å²) in [5.74, 6) is 0.760. The minimum atomic E-state index is -0.600. The van der Waals surface area contributed by atoms with Crippen LogP contribution in [0, 0.1) is 0 Å². The number of hydrogen-bond acceptors (Lipinski definition) is 4. The van der Waals surface area contributed by atoms with Crippen LogP contribution in [0.4, 0.5) is 0 Å². The molecule has 6 heteroatoms. The van der Waals surface area contributed by atoms with Crippen molar-refractivity contribution in [1.29, 1.82) is 0 Å². The molecule has 0 amide bonds. The predicted molar refractivity (Wildman–Crippen MR) is 89.0 cm³/mol. The van der Waals surface area contributed by atoms with Gasteiger partial charge in [0.25, 0.3) is 0 Å². The number of aromatic nitrogens is 4. The van der Waals surface area contributed by atoms with Crippen LogP contribution in [0.25, 0.3) is 22.6 Å². The van der Waals surface area contributed by atoms with E-state index in [1.807, 2.05) is 62.0 Å². The van der Waals surface area contributed by atoms with Gasteiger partial charge in [0, 0.05) is 13.2 Å². The molecular weight excluding hydrogens is 292 g/mol. The van der Waals surface area contributed by atoms with Crippen molar-refractivity contribution in [2.24, 2.45) is 7.05 Å². The molecule has 0 saturated carbocycles. The van der Waals surface area contributed by atoms with E-state index in [1.54, 1.807) is 4.68 Å². The lowest BCUT2D eigenvalue weighted by atomic mass is 10.3. The third-order valence-electron chi connectivity index (χ3n) is 3.61. The van der Waals surface area contributed by atoms with E-state index in [9.17, 15) is 5.11 Å². The van der Waals surface area contributed by atoms with Crippen molar-refractivity contribution in [3.8, 4) is 11.5 Å². The zero-order chi connectivity index (χ0) is 16.4. The van der Waals surface area contributed by atoms with Crippen molar-refractivity contribution in [3.63, 3.8) is 0 Å². The highest BCUT2D eigenvalue weighted by Gasteiger charge is 2.17. The van der Waals surface area contributed by atoms with E-state index in [1.165, 1.54) is 0 Å². The van der Waals surface area contributed by atoms with Crippen molar-refractivity contribution in [3.05, 3.63) is 36.5 Å². The predicted octanol–water partition coefficient (Wildman–Crippen LogP) is 2.22. The van der Waals surface area contributed by atoms with Crippen molar-refractivity contribution < 1.29 is 9.84 Å². The van der Waals surface area contributed by atoms with Crippen molar-refractivity contribution in [1.82, 2.24) is 19.3 Å². The van der Waals surface area contributed by atoms with Crippen LogP contribution in [0.2, 0.25) is 0 Å². The smallest absolute Gasteiger partial charge is 0.161 e. The first kappa shape index (κ1) is 15.7. The van der Waals surface area contributed by atoms with E-state index in [2.05, 4.69) is 10.1 Å². The van der Waals surface area contributed by atoms with Crippen LogP contribution >= 0.6 is 0 Å². The Labute approximate surface area is 135 Å². The van der Waals surface area contributed by atoms with Gasteiger partial charge >= 0.3 is 0 Å². The number of aliphatic hydroxyl groups excluding tert-OH is 1. The van der Waals surface area contributed by atoms with Crippen LogP contribution < -0.4 is 0 Å². The minimum absolute atomic E-state index is 0.0967. The molecule has 2 aromatic heterocycles. The highest BCUT2D eigenvalue weighted by Crippen LogP contribution is 2.24. The number of ether oxygens (including phenoxy) is 1. The minimum Gasteiger partial charge on any atom is -0.389 e. The number of nitrogens with zero attached hydrogens (tertiary/aromatic N) is 4. The third-order valence-corrected chi connectivity index (χ3v) is 3.61. The largest absolute Gasteiger partial charge is 0.389 e. The van der Waals surface area contributed by atoms with Gasteiger partial charge in [-0.3, -0.25) is 4.68 Å². The highest BCUT2D eigenvalue weighted by molar-refractivity contribution is 5.79. The normalized spacial score (nSPS) is 13.1. The summed E-state index contributed by atoms with van der Waals surface area (Å²) in [5.41, 5.74) is 2.67. The molecule has 3 rings (SSSR count). The first-order chi connectivity index (χ1) is 11.0. The second kappa shape index (κ2) is 6.52. The quantitative estimate of drug-likeness (QED) is 0.758. The van der Waals surface area contributed by atoms with Crippen LogP contribution in [0.1, 0.15) is 13.8 Å². The molecule has 0 bridgehead atoms. The Morgan fingerprint density at radius 2 is 2.00 bits per heavy atom. The molecule has 1 unspecified atom stereocenters. The van der Waals surface area contributed by atoms with Crippen molar-refractivity contribution in [2.75, 3.05) is 6.61 Å². The summed E-state index contributed by atoms with van der Waals surface area (Å²) < 4.78 is 9.26. The molecule has 0 spiro atoms. The molecule has 122 valence electrons. The molecule has 0 aliphatic carbocycles. The van der Waals surface area contributed by atoms with Crippen LogP contribution in [0.15, 0.2) is 36.5 Å². The Morgan fingerprint density at radius 1 is 1.22 bits per heavy atom. The summed E-state index contributed by atoms with van der Waals surface area (Å²) in [4.78, 5) is 4.68. The number of aryl methyl sites for hydroxylation is 1. The number of rotatable bonds is 6. The fourth-order valence-corrected chi connectivity index (χ4v) is 2.56. The van der Waals surface area contributed by atoms with Gasteiger partial charge in [-0.25, -0.2) is 4.98 Å². The van der Waals surface area contributed by atoms with Crippen LogP contribution in [0.5, 0.6) is 0 Å². The molecule has 0 radical (unpaired) electrons. The standard InChI is InChI=1S/C17H22N4O2/c1-12(2)23-11-13(22)10-21-16-7-5-4-6-14(16)18-17(21)15-8-9-20(3)19-15/h4-9,12-13,22H,10-11H2,1-3H3. The second-order valence-corrected chi connectivity index (χ2v) is 5.95. The van der Waals surface area contributed by atoms with Gasteiger partial charge in [0.2, 0.25) is 0 Å². The van der Waals surface area contributed by atoms with E-state index in [-0.39, 0.29) is 6.10 Å². The number of aliphatic hydroxyl groups is 1. The SMILES string of the molecule is CC(C)OCC(O)Cn1c(-c2ccn(C)n2)nc2ccccc21. The Hall–Kier alpha value is -2.18. The van der Waals surface area contributed by atoms with Gasteiger partial charge in [-0.15, -0.1) is 0 Å². The maximum Gasteiger partial charge on any atom is 0.161 e. The van der Waals surface area contributed by atoms with Gasteiger partial charge in [0.05, 0.1) is 36.4 Å². The Kier molecular flexibility index (Phi) is 4.45. The lowest BCUT2D eigenvalue weighted by Gasteiger charge is -2.16. The first-order valence-electron chi connectivity index (χ1n) is 7.79. The summed E-state index contributed by atoms with van der Waals surface area (Å²) in [6, 6.07) is 9.83.